The van der Waals surface area contributed by atoms with Gasteiger partial charge in [0.05, 0.1) is 0 Å². The van der Waals surface area contributed by atoms with Crippen molar-refractivity contribution >= 4 is 5.91 Å². The second-order valence-electron chi connectivity index (χ2n) is 4.51. The predicted molar refractivity (Wildman–Crippen MR) is 52.2 cm³/mol. The van der Waals surface area contributed by atoms with Crippen molar-refractivity contribution < 1.29 is 4.79 Å². The molecular weight excluding hydrogens is 162 g/mol. The molecule has 0 heterocycles. The molecule has 72 valence electrons. The average Bonchev–Trinajstić information content (AvgIpc) is 2.77. The molecule has 2 unspecified atom stereocenters. The van der Waals surface area contributed by atoms with E-state index >= 15 is 0 Å². The SMILES string of the molecule is C=CC(C)NC(=O)C1CC12CCC2. The van der Waals surface area contributed by atoms with E-state index in [2.05, 4.69) is 11.9 Å². The summed E-state index contributed by atoms with van der Waals surface area (Å²) in [6, 6.07) is 0.116. The Labute approximate surface area is 79.4 Å². The highest BCUT2D eigenvalue weighted by molar-refractivity contribution is 5.83. The molecule has 0 aromatic rings. The first-order chi connectivity index (χ1) is 6.18. The maximum atomic E-state index is 11.6. The molecule has 2 aliphatic rings. The molecule has 2 saturated carbocycles. The largest absolute Gasteiger partial charge is 0.350 e. The topological polar surface area (TPSA) is 29.1 Å². The summed E-state index contributed by atoms with van der Waals surface area (Å²) in [4.78, 5) is 11.6. The van der Waals surface area contributed by atoms with Crippen molar-refractivity contribution in [1.82, 2.24) is 5.32 Å². The summed E-state index contributed by atoms with van der Waals surface area (Å²) in [6.45, 7) is 5.61. The van der Waals surface area contributed by atoms with E-state index in [1.807, 2.05) is 6.92 Å². The van der Waals surface area contributed by atoms with Crippen molar-refractivity contribution in [3.63, 3.8) is 0 Å². The zero-order valence-electron chi connectivity index (χ0n) is 8.18. The van der Waals surface area contributed by atoms with E-state index in [4.69, 9.17) is 0 Å². The highest BCUT2D eigenvalue weighted by Crippen LogP contribution is 2.65. The Hall–Kier alpha value is -0.790. The standard InChI is InChI=1S/C11H17NO/c1-3-8(2)12-10(13)9-7-11(9)5-4-6-11/h3,8-9H,1,4-7H2,2H3,(H,12,13). The fourth-order valence-corrected chi connectivity index (χ4v) is 2.29. The van der Waals surface area contributed by atoms with Crippen molar-refractivity contribution in [3.8, 4) is 0 Å². The van der Waals surface area contributed by atoms with Crippen molar-refractivity contribution in [2.75, 3.05) is 0 Å². The zero-order valence-corrected chi connectivity index (χ0v) is 8.18. The fraction of sp³-hybridized carbons (Fsp3) is 0.727. The monoisotopic (exact) mass is 179 g/mol. The first-order valence-electron chi connectivity index (χ1n) is 5.11. The average molecular weight is 179 g/mol. The molecule has 2 rings (SSSR count). The first kappa shape index (κ1) is 8.79. The van der Waals surface area contributed by atoms with Crippen LogP contribution in [0.2, 0.25) is 0 Å². The lowest BCUT2D eigenvalue weighted by molar-refractivity contribution is -0.123. The minimum absolute atomic E-state index is 0.116. The number of hydrogen-bond donors (Lipinski definition) is 1. The second-order valence-corrected chi connectivity index (χ2v) is 4.51. The van der Waals surface area contributed by atoms with Crippen LogP contribution in [0.3, 0.4) is 0 Å². The fourth-order valence-electron chi connectivity index (χ4n) is 2.29. The smallest absolute Gasteiger partial charge is 0.224 e. The molecule has 2 fully saturated rings. The number of nitrogens with one attached hydrogen (secondary N) is 1. The van der Waals surface area contributed by atoms with E-state index < -0.39 is 0 Å². The van der Waals surface area contributed by atoms with Crippen LogP contribution in [0, 0.1) is 11.3 Å². The van der Waals surface area contributed by atoms with Crippen LogP contribution in [-0.4, -0.2) is 11.9 Å². The molecule has 0 saturated heterocycles. The number of hydrogen-bond acceptors (Lipinski definition) is 1. The minimum atomic E-state index is 0.116. The van der Waals surface area contributed by atoms with Gasteiger partial charge in [0.2, 0.25) is 5.91 Å². The normalized spacial score (nSPS) is 30.4. The number of rotatable bonds is 3. The quantitative estimate of drug-likeness (QED) is 0.658. The van der Waals surface area contributed by atoms with Gasteiger partial charge in [0.15, 0.2) is 0 Å². The summed E-state index contributed by atoms with van der Waals surface area (Å²) in [5, 5.41) is 2.96. The highest BCUT2D eigenvalue weighted by Gasteiger charge is 2.60. The van der Waals surface area contributed by atoms with Gasteiger partial charge in [-0.3, -0.25) is 4.79 Å². The Bertz CT molecular complexity index is 242. The van der Waals surface area contributed by atoms with Crippen LogP contribution >= 0.6 is 0 Å². The summed E-state index contributed by atoms with van der Waals surface area (Å²) in [5.74, 6) is 0.566. The predicted octanol–water partition coefficient (Wildman–Crippen LogP) is 1.87. The first-order valence-corrected chi connectivity index (χ1v) is 5.11. The third-order valence-electron chi connectivity index (χ3n) is 3.58. The summed E-state index contributed by atoms with van der Waals surface area (Å²) >= 11 is 0. The van der Waals surface area contributed by atoms with Gasteiger partial charge in [-0.2, -0.15) is 0 Å². The van der Waals surface area contributed by atoms with Gasteiger partial charge in [-0.25, -0.2) is 0 Å². The van der Waals surface area contributed by atoms with Crippen molar-refractivity contribution in [2.45, 2.75) is 38.6 Å². The van der Waals surface area contributed by atoms with Crippen LogP contribution in [0.15, 0.2) is 12.7 Å². The lowest BCUT2D eigenvalue weighted by Gasteiger charge is -2.26. The van der Waals surface area contributed by atoms with Gasteiger partial charge in [0.25, 0.3) is 0 Å². The van der Waals surface area contributed by atoms with Gasteiger partial charge in [0.1, 0.15) is 0 Å². The zero-order chi connectivity index (χ0) is 9.47. The van der Waals surface area contributed by atoms with Crippen LogP contribution in [0.25, 0.3) is 0 Å². The van der Waals surface area contributed by atoms with Crippen molar-refractivity contribution in [1.29, 1.82) is 0 Å². The Morgan fingerprint density at radius 2 is 2.38 bits per heavy atom. The lowest BCUT2D eigenvalue weighted by Crippen LogP contribution is -2.34. The third-order valence-corrected chi connectivity index (χ3v) is 3.58. The Morgan fingerprint density at radius 1 is 1.69 bits per heavy atom. The Balaban J connectivity index is 1.82. The number of carbonyl (C=O) groups excluding carboxylic acids is 1. The van der Waals surface area contributed by atoms with E-state index in [9.17, 15) is 4.79 Å². The maximum Gasteiger partial charge on any atom is 0.224 e. The molecular formula is C11H17NO. The van der Waals surface area contributed by atoms with E-state index in [1.54, 1.807) is 6.08 Å². The molecule has 2 atom stereocenters. The van der Waals surface area contributed by atoms with Gasteiger partial charge in [-0.1, -0.05) is 12.5 Å². The Kier molecular flexibility index (Phi) is 1.94. The molecule has 0 aromatic carbocycles. The van der Waals surface area contributed by atoms with E-state index in [-0.39, 0.29) is 11.9 Å². The van der Waals surface area contributed by atoms with Gasteiger partial charge < -0.3 is 5.32 Å². The molecule has 1 N–H and O–H groups in total. The Morgan fingerprint density at radius 3 is 2.77 bits per heavy atom. The van der Waals surface area contributed by atoms with Crippen LogP contribution in [0.1, 0.15) is 32.6 Å². The summed E-state index contributed by atoms with van der Waals surface area (Å²) < 4.78 is 0. The van der Waals surface area contributed by atoms with Crippen molar-refractivity contribution in [2.24, 2.45) is 11.3 Å². The molecule has 0 aromatic heterocycles. The molecule has 2 heteroatoms. The number of amides is 1. The third kappa shape index (κ3) is 1.38. The molecule has 2 nitrogen and oxygen atoms in total. The van der Waals surface area contributed by atoms with Crippen LogP contribution < -0.4 is 5.32 Å². The van der Waals surface area contributed by atoms with E-state index in [0.29, 0.717) is 11.3 Å². The van der Waals surface area contributed by atoms with Gasteiger partial charge in [0, 0.05) is 12.0 Å². The van der Waals surface area contributed by atoms with Gasteiger partial charge in [-0.15, -0.1) is 6.58 Å². The van der Waals surface area contributed by atoms with Crippen LogP contribution in [-0.2, 0) is 4.79 Å². The number of carbonyl (C=O) groups is 1. The second kappa shape index (κ2) is 2.86. The highest BCUT2D eigenvalue weighted by atomic mass is 16.2. The molecule has 1 spiro atoms. The van der Waals surface area contributed by atoms with Gasteiger partial charge >= 0.3 is 0 Å². The van der Waals surface area contributed by atoms with E-state index in [0.717, 1.165) is 6.42 Å². The molecule has 0 radical (unpaired) electrons. The summed E-state index contributed by atoms with van der Waals surface area (Å²) in [7, 11) is 0. The van der Waals surface area contributed by atoms with Crippen molar-refractivity contribution in [3.05, 3.63) is 12.7 Å². The molecule has 0 bridgehead atoms. The minimum Gasteiger partial charge on any atom is -0.350 e. The molecule has 2 aliphatic carbocycles. The maximum absolute atomic E-state index is 11.6. The molecule has 0 aliphatic heterocycles. The van der Waals surface area contributed by atoms with Crippen LogP contribution in [0.4, 0.5) is 0 Å². The molecule has 1 amide bonds. The van der Waals surface area contributed by atoms with E-state index in [1.165, 1.54) is 19.3 Å². The summed E-state index contributed by atoms with van der Waals surface area (Å²) in [6.07, 6.45) is 6.76. The lowest BCUT2D eigenvalue weighted by atomic mass is 9.79. The molecule has 13 heavy (non-hydrogen) atoms. The van der Waals surface area contributed by atoms with Crippen LogP contribution in [0.5, 0.6) is 0 Å². The van der Waals surface area contributed by atoms with Gasteiger partial charge in [-0.05, 0) is 31.6 Å². The summed E-state index contributed by atoms with van der Waals surface area (Å²) in [5.41, 5.74) is 0.449.